The van der Waals surface area contributed by atoms with Crippen molar-refractivity contribution in [3.63, 3.8) is 0 Å². The van der Waals surface area contributed by atoms with Crippen LogP contribution in [-0.4, -0.2) is 51.8 Å². The van der Waals surface area contributed by atoms with Crippen LogP contribution in [0, 0.1) is 18.2 Å². The Morgan fingerprint density at radius 2 is 1.92 bits per heavy atom. The fourth-order valence-electron chi connectivity index (χ4n) is 3.86. The minimum absolute atomic E-state index is 0.121. The zero-order chi connectivity index (χ0) is 17.4. The van der Waals surface area contributed by atoms with Gasteiger partial charge in [-0.3, -0.25) is 4.79 Å². The van der Waals surface area contributed by atoms with E-state index in [0.717, 1.165) is 39.0 Å². The van der Waals surface area contributed by atoms with Gasteiger partial charge in [-0.25, -0.2) is 14.1 Å². The molecule has 1 N–H and O–H groups in total. The second kappa shape index (κ2) is 6.22. The second-order valence-electron chi connectivity index (χ2n) is 7.09. The molecule has 2 aromatic rings. The molecule has 2 aliphatic rings. The number of rotatable bonds is 2. The summed E-state index contributed by atoms with van der Waals surface area (Å²) in [6.07, 6.45) is 3.26. The quantitative estimate of drug-likeness (QED) is 0.905. The van der Waals surface area contributed by atoms with Crippen molar-refractivity contribution < 1.29 is 9.18 Å². The van der Waals surface area contributed by atoms with Crippen molar-refractivity contribution >= 4 is 5.91 Å². The topological polar surface area (TPSA) is 63.1 Å². The van der Waals surface area contributed by atoms with E-state index in [1.54, 1.807) is 23.7 Å². The summed E-state index contributed by atoms with van der Waals surface area (Å²) in [6.45, 7) is 5.44. The summed E-state index contributed by atoms with van der Waals surface area (Å²) >= 11 is 0. The van der Waals surface area contributed by atoms with Gasteiger partial charge in [0.15, 0.2) is 0 Å². The molecule has 2 fully saturated rings. The molecule has 0 bridgehead atoms. The second-order valence-corrected chi connectivity index (χ2v) is 7.09. The Morgan fingerprint density at radius 3 is 2.56 bits per heavy atom. The number of amides is 1. The largest absolute Gasteiger partial charge is 0.336 e. The number of hydrogen-bond acceptors (Lipinski definition) is 4. The first kappa shape index (κ1) is 16.2. The van der Waals surface area contributed by atoms with Crippen LogP contribution in [0.25, 0.3) is 5.69 Å². The molecule has 1 spiro atoms. The van der Waals surface area contributed by atoms with E-state index in [4.69, 9.17) is 0 Å². The van der Waals surface area contributed by atoms with Gasteiger partial charge in [0.05, 0.1) is 5.69 Å². The fourth-order valence-corrected chi connectivity index (χ4v) is 3.86. The van der Waals surface area contributed by atoms with Crippen LogP contribution in [0.3, 0.4) is 0 Å². The van der Waals surface area contributed by atoms with Gasteiger partial charge >= 0.3 is 0 Å². The van der Waals surface area contributed by atoms with Gasteiger partial charge in [-0.05, 0) is 62.4 Å². The number of benzene rings is 1. The third kappa shape index (κ3) is 3.04. The molecule has 132 valence electrons. The maximum Gasteiger partial charge on any atom is 0.293 e. The molecule has 1 amide bonds. The third-order valence-corrected chi connectivity index (χ3v) is 5.47. The van der Waals surface area contributed by atoms with E-state index in [0.29, 0.717) is 16.9 Å². The first-order valence-electron chi connectivity index (χ1n) is 8.76. The summed E-state index contributed by atoms with van der Waals surface area (Å²) in [7, 11) is 0. The van der Waals surface area contributed by atoms with E-state index in [9.17, 15) is 9.18 Å². The number of aryl methyl sites for hydroxylation is 1. The maximum atomic E-state index is 13.1. The van der Waals surface area contributed by atoms with Crippen molar-refractivity contribution in [3.05, 3.63) is 41.7 Å². The van der Waals surface area contributed by atoms with Crippen LogP contribution in [0.4, 0.5) is 4.39 Å². The smallest absolute Gasteiger partial charge is 0.293 e. The van der Waals surface area contributed by atoms with Gasteiger partial charge < -0.3 is 10.2 Å². The monoisotopic (exact) mass is 343 g/mol. The van der Waals surface area contributed by atoms with Gasteiger partial charge in [0.25, 0.3) is 5.91 Å². The lowest BCUT2D eigenvalue weighted by molar-refractivity contribution is 0.0596. The Hall–Kier alpha value is -2.28. The van der Waals surface area contributed by atoms with Gasteiger partial charge in [0.2, 0.25) is 5.82 Å². The van der Waals surface area contributed by atoms with Crippen molar-refractivity contribution in [1.29, 1.82) is 0 Å². The number of likely N-dealkylation sites (tertiary alicyclic amines) is 1. The number of hydrogen-bond donors (Lipinski definition) is 1. The predicted octanol–water partition coefficient (Wildman–Crippen LogP) is 1.93. The van der Waals surface area contributed by atoms with Crippen LogP contribution in [-0.2, 0) is 0 Å². The van der Waals surface area contributed by atoms with Gasteiger partial charge in [0, 0.05) is 19.6 Å². The highest BCUT2D eigenvalue weighted by Gasteiger charge is 2.38. The van der Waals surface area contributed by atoms with Crippen LogP contribution >= 0.6 is 0 Å². The molecule has 4 rings (SSSR count). The van der Waals surface area contributed by atoms with E-state index in [-0.39, 0.29) is 17.5 Å². The van der Waals surface area contributed by atoms with Crippen molar-refractivity contribution in [2.75, 3.05) is 26.2 Å². The van der Waals surface area contributed by atoms with Crippen LogP contribution in [0.15, 0.2) is 24.3 Å². The number of aromatic nitrogens is 3. The Bertz CT molecular complexity index is 769. The standard InChI is InChI=1S/C18H22FN5O/c1-13-21-16(22-24(13)15-4-2-14(19)3-5-15)17(25)23-10-7-18(8-11-23)6-9-20-12-18/h2-5,20H,6-12H2,1H3. The fraction of sp³-hybridized carbons (Fsp3) is 0.500. The lowest BCUT2D eigenvalue weighted by atomic mass is 9.78. The normalized spacial score (nSPS) is 19.5. The molecule has 1 aromatic carbocycles. The highest BCUT2D eigenvalue weighted by Crippen LogP contribution is 2.37. The summed E-state index contributed by atoms with van der Waals surface area (Å²) in [5.41, 5.74) is 1.06. The molecular formula is C18H22FN5O. The van der Waals surface area contributed by atoms with Crippen molar-refractivity contribution in [2.45, 2.75) is 26.2 Å². The number of nitrogens with one attached hydrogen (secondary N) is 1. The number of piperidine rings is 1. The minimum atomic E-state index is -0.304. The molecule has 0 radical (unpaired) electrons. The Morgan fingerprint density at radius 1 is 1.20 bits per heavy atom. The van der Waals surface area contributed by atoms with Crippen LogP contribution in [0.5, 0.6) is 0 Å². The molecule has 6 nitrogen and oxygen atoms in total. The highest BCUT2D eigenvalue weighted by molar-refractivity contribution is 5.90. The van der Waals surface area contributed by atoms with E-state index in [1.807, 2.05) is 4.90 Å². The van der Waals surface area contributed by atoms with Crippen LogP contribution in [0.2, 0.25) is 0 Å². The van der Waals surface area contributed by atoms with E-state index in [2.05, 4.69) is 15.4 Å². The summed E-state index contributed by atoms with van der Waals surface area (Å²) in [5.74, 6) is 0.400. The first-order valence-corrected chi connectivity index (χ1v) is 8.76. The highest BCUT2D eigenvalue weighted by atomic mass is 19.1. The first-order chi connectivity index (χ1) is 12.1. The van der Waals surface area contributed by atoms with Crippen molar-refractivity contribution in [1.82, 2.24) is 25.0 Å². The summed E-state index contributed by atoms with van der Waals surface area (Å²) in [5, 5.41) is 7.79. The molecule has 0 atom stereocenters. The zero-order valence-electron chi connectivity index (χ0n) is 14.3. The molecule has 2 saturated heterocycles. The SMILES string of the molecule is Cc1nc(C(=O)N2CCC3(CCNC3)CC2)nn1-c1ccc(F)cc1. The van der Waals surface area contributed by atoms with Gasteiger partial charge in [0.1, 0.15) is 11.6 Å². The predicted molar refractivity (Wildman–Crippen MR) is 91.1 cm³/mol. The number of carbonyl (C=O) groups excluding carboxylic acids is 1. The number of halogens is 1. The molecule has 0 saturated carbocycles. The van der Waals surface area contributed by atoms with E-state index >= 15 is 0 Å². The lowest BCUT2D eigenvalue weighted by Crippen LogP contribution is -2.44. The Labute approximate surface area is 146 Å². The van der Waals surface area contributed by atoms with Crippen LogP contribution in [0.1, 0.15) is 35.7 Å². The van der Waals surface area contributed by atoms with Crippen molar-refractivity contribution in [3.8, 4) is 5.69 Å². The molecule has 0 aliphatic carbocycles. The molecule has 2 aliphatic heterocycles. The molecule has 0 unspecified atom stereocenters. The maximum absolute atomic E-state index is 13.1. The summed E-state index contributed by atoms with van der Waals surface area (Å²) in [4.78, 5) is 18.9. The van der Waals surface area contributed by atoms with Crippen LogP contribution < -0.4 is 5.32 Å². The average Bonchev–Trinajstić information content (AvgIpc) is 3.23. The molecule has 1 aromatic heterocycles. The number of carbonyl (C=O) groups is 1. The Kier molecular flexibility index (Phi) is 4.03. The zero-order valence-corrected chi connectivity index (χ0v) is 14.3. The lowest BCUT2D eigenvalue weighted by Gasteiger charge is -2.38. The number of nitrogens with zero attached hydrogens (tertiary/aromatic N) is 4. The third-order valence-electron chi connectivity index (χ3n) is 5.47. The van der Waals surface area contributed by atoms with Gasteiger partial charge in [-0.2, -0.15) is 0 Å². The summed E-state index contributed by atoms with van der Waals surface area (Å²) < 4.78 is 14.7. The molecule has 7 heteroatoms. The summed E-state index contributed by atoms with van der Waals surface area (Å²) in [6, 6.07) is 6.00. The average molecular weight is 343 g/mol. The van der Waals surface area contributed by atoms with E-state index in [1.165, 1.54) is 18.6 Å². The molecule has 25 heavy (non-hydrogen) atoms. The van der Waals surface area contributed by atoms with Gasteiger partial charge in [-0.1, -0.05) is 0 Å². The Balaban J connectivity index is 1.49. The minimum Gasteiger partial charge on any atom is -0.336 e. The van der Waals surface area contributed by atoms with E-state index < -0.39 is 0 Å². The molecule has 3 heterocycles. The van der Waals surface area contributed by atoms with Crippen molar-refractivity contribution in [2.24, 2.45) is 5.41 Å². The molecular weight excluding hydrogens is 321 g/mol. The van der Waals surface area contributed by atoms with Gasteiger partial charge in [-0.15, -0.1) is 5.10 Å².